The van der Waals surface area contributed by atoms with E-state index in [4.69, 9.17) is 12.2 Å². The monoisotopic (exact) mass is 322 g/mol. The molecule has 0 spiro atoms. The summed E-state index contributed by atoms with van der Waals surface area (Å²) in [6.07, 6.45) is 9.37. The highest BCUT2D eigenvalue weighted by molar-refractivity contribution is 7.71. The molecule has 0 aliphatic heterocycles. The lowest BCUT2D eigenvalue weighted by Crippen LogP contribution is -2.04. The normalized spacial score (nSPS) is 13.0. The standard InChI is InChI=1S/C17H14N4OS/c22-15-10-18-9-8-13(15)16-19-20-17(23)21(16)14-7-3-5-11-4-1-2-6-12(11)14/h2-3,5-10,22H,1,4H2,(H,20,23). The first kappa shape index (κ1) is 13.9. The minimum atomic E-state index is 0.0723. The molecular formula is C17H14N4OS. The molecule has 2 heterocycles. The van der Waals surface area contributed by atoms with Crippen molar-refractivity contribution in [2.75, 3.05) is 0 Å². The van der Waals surface area contributed by atoms with Crippen LogP contribution in [0.2, 0.25) is 0 Å². The number of H-pyrrole nitrogens is 1. The van der Waals surface area contributed by atoms with Crippen LogP contribution < -0.4 is 0 Å². The molecule has 2 aromatic heterocycles. The number of nitrogens with zero attached hydrogens (tertiary/aromatic N) is 3. The molecule has 0 saturated carbocycles. The lowest BCUT2D eigenvalue weighted by atomic mass is 9.96. The fourth-order valence-corrected chi connectivity index (χ4v) is 3.15. The molecule has 0 saturated heterocycles. The molecule has 0 bridgehead atoms. The molecule has 2 N–H and O–H groups in total. The van der Waals surface area contributed by atoms with Crippen molar-refractivity contribution in [2.45, 2.75) is 12.8 Å². The topological polar surface area (TPSA) is 66.7 Å². The van der Waals surface area contributed by atoms with Crippen LogP contribution in [0, 0.1) is 4.77 Å². The molecule has 1 aliphatic carbocycles. The summed E-state index contributed by atoms with van der Waals surface area (Å²) >= 11 is 5.43. The van der Waals surface area contributed by atoms with Gasteiger partial charge in [0.1, 0.15) is 5.75 Å². The first-order chi connectivity index (χ1) is 11.3. The van der Waals surface area contributed by atoms with Crippen molar-refractivity contribution >= 4 is 18.3 Å². The molecule has 3 aromatic rings. The average molecular weight is 322 g/mol. The summed E-state index contributed by atoms with van der Waals surface area (Å²) in [6, 6.07) is 7.90. The highest BCUT2D eigenvalue weighted by Gasteiger charge is 2.18. The van der Waals surface area contributed by atoms with Crippen LogP contribution in [0.25, 0.3) is 23.2 Å². The smallest absolute Gasteiger partial charge is 0.200 e. The largest absolute Gasteiger partial charge is 0.506 e. The molecule has 0 atom stereocenters. The maximum Gasteiger partial charge on any atom is 0.200 e. The van der Waals surface area contributed by atoms with Gasteiger partial charge in [0.15, 0.2) is 10.6 Å². The number of hydrogen-bond acceptors (Lipinski definition) is 4. The van der Waals surface area contributed by atoms with Crippen molar-refractivity contribution in [3.8, 4) is 22.8 Å². The molecule has 23 heavy (non-hydrogen) atoms. The number of allylic oxidation sites excluding steroid dienone is 1. The highest BCUT2D eigenvalue weighted by Crippen LogP contribution is 2.32. The van der Waals surface area contributed by atoms with E-state index in [1.54, 1.807) is 12.3 Å². The molecule has 6 heteroatoms. The second-order valence-electron chi connectivity index (χ2n) is 5.37. The molecule has 114 valence electrons. The Labute approximate surface area is 138 Å². The van der Waals surface area contributed by atoms with Gasteiger partial charge in [-0.3, -0.25) is 14.6 Å². The van der Waals surface area contributed by atoms with Crippen molar-refractivity contribution in [3.05, 3.63) is 58.6 Å². The summed E-state index contributed by atoms with van der Waals surface area (Å²) in [5.41, 5.74) is 3.98. The molecule has 1 aromatic carbocycles. The number of benzene rings is 1. The molecule has 0 amide bonds. The van der Waals surface area contributed by atoms with Gasteiger partial charge in [-0.1, -0.05) is 24.3 Å². The van der Waals surface area contributed by atoms with E-state index < -0.39 is 0 Å². The first-order valence-electron chi connectivity index (χ1n) is 7.35. The quantitative estimate of drug-likeness (QED) is 0.707. The minimum Gasteiger partial charge on any atom is -0.506 e. The van der Waals surface area contributed by atoms with E-state index in [2.05, 4.69) is 33.4 Å². The van der Waals surface area contributed by atoms with Crippen LogP contribution in [0.4, 0.5) is 0 Å². The second-order valence-corrected chi connectivity index (χ2v) is 5.76. The van der Waals surface area contributed by atoms with Gasteiger partial charge in [-0.2, -0.15) is 5.10 Å². The lowest BCUT2D eigenvalue weighted by Gasteiger charge is -2.16. The van der Waals surface area contributed by atoms with Crippen LogP contribution in [-0.2, 0) is 6.42 Å². The summed E-state index contributed by atoms with van der Waals surface area (Å²) in [7, 11) is 0. The van der Waals surface area contributed by atoms with Crippen molar-refractivity contribution in [1.29, 1.82) is 0 Å². The summed E-state index contributed by atoms with van der Waals surface area (Å²) < 4.78 is 2.35. The van der Waals surface area contributed by atoms with E-state index in [1.165, 1.54) is 11.8 Å². The van der Waals surface area contributed by atoms with Crippen LogP contribution >= 0.6 is 12.2 Å². The Morgan fingerprint density at radius 2 is 2.17 bits per heavy atom. The van der Waals surface area contributed by atoms with E-state index in [9.17, 15) is 5.11 Å². The number of nitrogens with one attached hydrogen (secondary N) is 1. The Kier molecular flexibility index (Phi) is 3.31. The third-order valence-electron chi connectivity index (χ3n) is 3.99. The van der Waals surface area contributed by atoms with E-state index in [0.29, 0.717) is 16.2 Å². The lowest BCUT2D eigenvalue weighted by molar-refractivity contribution is 0.474. The number of aromatic amines is 1. The summed E-state index contributed by atoms with van der Waals surface area (Å²) in [5.74, 6) is 0.644. The molecule has 4 rings (SSSR count). The Bertz CT molecular complexity index is 971. The van der Waals surface area contributed by atoms with Crippen molar-refractivity contribution < 1.29 is 5.11 Å². The van der Waals surface area contributed by atoms with Gasteiger partial charge in [-0.15, -0.1) is 0 Å². The maximum absolute atomic E-state index is 10.1. The van der Waals surface area contributed by atoms with Gasteiger partial charge in [0, 0.05) is 11.8 Å². The Balaban J connectivity index is 2.00. The van der Waals surface area contributed by atoms with E-state index in [0.717, 1.165) is 24.1 Å². The van der Waals surface area contributed by atoms with Crippen LogP contribution in [-0.4, -0.2) is 24.9 Å². The van der Waals surface area contributed by atoms with Gasteiger partial charge in [0.25, 0.3) is 0 Å². The first-order valence-corrected chi connectivity index (χ1v) is 7.76. The number of aryl methyl sites for hydroxylation is 1. The minimum absolute atomic E-state index is 0.0723. The van der Waals surface area contributed by atoms with Gasteiger partial charge in [0.05, 0.1) is 17.4 Å². The zero-order valence-electron chi connectivity index (χ0n) is 12.2. The van der Waals surface area contributed by atoms with Crippen LogP contribution in [0.15, 0.2) is 42.7 Å². The zero-order chi connectivity index (χ0) is 15.8. The zero-order valence-corrected chi connectivity index (χ0v) is 13.0. The van der Waals surface area contributed by atoms with E-state index in [1.807, 2.05) is 16.7 Å². The number of aromatic hydroxyl groups is 1. The fraction of sp³-hybridized carbons (Fsp3) is 0.118. The Morgan fingerprint density at radius 1 is 1.26 bits per heavy atom. The Hall–Kier alpha value is -2.73. The summed E-state index contributed by atoms with van der Waals surface area (Å²) in [4.78, 5) is 3.92. The van der Waals surface area contributed by atoms with Crippen molar-refractivity contribution in [1.82, 2.24) is 19.7 Å². The van der Waals surface area contributed by atoms with Crippen molar-refractivity contribution in [3.63, 3.8) is 0 Å². The van der Waals surface area contributed by atoms with Crippen LogP contribution in [0.3, 0.4) is 0 Å². The number of fused-ring (bicyclic) bond motifs is 1. The second kappa shape index (κ2) is 5.48. The number of aromatic nitrogens is 4. The highest BCUT2D eigenvalue weighted by atomic mass is 32.1. The van der Waals surface area contributed by atoms with Gasteiger partial charge in [-0.05, 0) is 42.8 Å². The molecule has 1 aliphatic rings. The fourth-order valence-electron chi connectivity index (χ4n) is 2.92. The summed E-state index contributed by atoms with van der Waals surface area (Å²) in [5, 5.41) is 17.2. The van der Waals surface area contributed by atoms with Crippen LogP contribution in [0.5, 0.6) is 5.75 Å². The number of pyridine rings is 1. The molecular weight excluding hydrogens is 308 g/mol. The number of hydrogen-bond donors (Lipinski definition) is 2. The SMILES string of the molecule is Oc1cnccc1-c1n[nH]c(=S)n1-c1cccc2c1C=CCC2. The summed E-state index contributed by atoms with van der Waals surface area (Å²) in [6.45, 7) is 0. The van der Waals surface area contributed by atoms with Crippen LogP contribution in [0.1, 0.15) is 17.5 Å². The predicted molar refractivity (Wildman–Crippen MR) is 91.0 cm³/mol. The molecule has 0 fully saturated rings. The van der Waals surface area contributed by atoms with Gasteiger partial charge >= 0.3 is 0 Å². The maximum atomic E-state index is 10.1. The third kappa shape index (κ3) is 2.27. The van der Waals surface area contributed by atoms with Gasteiger partial charge in [0.2, 0.25) is 0 Å². The van der Waals surface area contributed by atoms with Gasteiger partial charge in [-0.25, -0.2) is 0 Å². The van der Waals surface area contributed by atoms with Crippen molar-refractivity contribution in [2.24, 2.45) is 0 Å². The number of rotatable bonds is 2. The predicted octanol–water partition coefficient (Wildman–Crippen LogP) is 3.66. The molecule has 0 radical (unpaired) electrons. The van der Waals surface area contributed by atoms with E-state index in [-0.39, 0.29) is 5.75 Å². The molecule has 5 nitrogen and oxygen atoms in total. The van der Waals surface area contributed by atoms with E-state index >= 15 is 0 Å². The third-order valence-corrected chi connectivity index (χ3v) is 4.27. The Morgan fingerprint density at radius 3 is 3.04 bits per heavy atom. The molecule has 0 unspecified atom stereocenters. The van der Waals surface area contributed by atoms with Gasteiger partial charge < -0.3 is 5.11 Å². The average Bonchev–Trinajstić information content (AvgIpc) is 2.96.